The van der Waals surface area contributed by atoms with Crippen molar-refractivity contribution in [3.05, 3.63) is 59.5 Å². The Bertz CT molecular complexity index is 1200. The number of amides is 1. The van der Waals surface area contributed by atoms with Crippen LogP contribution in [0.2, 0.25) is 0 Å². The predicted molar refractivity (Wildman–Crippen MR) is 123 cm³/mol. The third-order valence-corrected chi connectivity index (χ3v) is 6.89. The van der Waals surface area contributed by atoms with E-state index in [1.807, 2.05) is 13.8 Å². The summed E-state index contributed by atoms with van der Waals surface area (Å²) in [4.78, 5) is 12.9. The SMILES string of the molecule is CCOc1ccc(C(=O)Nc2nnc(Cc3ccc(S(=O)(=O)C(C)C)cc3)o2)cc1OCC. The first-order valence-electron chi connectivity index (χ1n) is 10.6. The number of hydrogen-bond donors (Lipinski definition) is 1. The molecule has 3 rings (SSSR count). The number of aromatic nitrogens is 2. The summed E-state index contributed by atoms with van der Waals surface area (Å²) in [5, 5.41) is 9.89. The minimum Gasteiger partial charge on any atom is -0.490 e. The van der Waals surface area contributed by atoms with Gasteiger partial charge < -0.3 is 13.9 Å². The van der Waals surface area contributed by atoms with Crippen molar-refractivity contribution in [3.63, 3.8) is 0 Å². The van der Waals surface area contributed by atoms with Crippen molar-refractivity contribution >= 4 is 21.8 Å². The van der Waals surface area contributed by atoms with E-state index in [9.17, 15) is 13.2 Å². The molecule has 0 aliphatic carbocycles. The first-order valence-corrected chi connectivity index (χ1v) is 12.2. The topological polar surface area (TPSA) is 121 Å². The predicted octanol–water partition coefficient (Wildman–Crippen LogP) is 3.89. The molecule has 0 spiro atoms. The van der Waals surface area contributed by atoms with Crippen molar-refractivity contribution in [3.8, 4) is 11.5 Å². The molecule has 10 heteroatoms. The second kappa shape index (κ2) is 10.5. The van der Waals surface area contributed by atoms with Gasteiger partial charge in [-0.25, -0.2) is 8.42 Å². The molecular formula is C23H27N3O6S. The van der Waals surface area contributed by atoms with E-state index in [-0.39, 0.29) is 16.8 Å². The van der Waals surface area contributed by atoms with Crippen molar-refractivity contribution in [2.45, 2.75) is 44.3 Å². The summed E-state index contributed by atoms with van der Waals surface area (Å²) in [5.41, 5.74) is 1.15. The van der Waals surface area contributed by atoms with Gasteiger partial charge in [0.05, 0.1) is 29.8 Å². The number of ether oxygens (including phenoxy) is 2. The van der Waals surface area contributed by atoms with Crippen LogP contribution in [0, 0.1) is 0 Å². The normalized spacial score (nSPS) is 11.4. The Morgan fingerprint density at radius 2 is 1.67 bits per heavy atom. The largest absolute Gasteiger partial charge is 0.490 e. The van der Waals surface area contributed by atoms with E-state index < -0.39 is 21.0 Å². The van der Waals surface area contributed by atoms with Crippen LogP contribution in [0.25, 0.3) is 0 Å². The Morgan fingerprint density at radius 1 is 1.00 bits per heavy atom. The zero-order valence-corrected chi connectivity index (χ0v) is 19.8. The fourth-order valence-electron chi connectivity index (χ4n) is 2.98. The second-order valence-electron chi connectivity index (χ2n) is 7.40. The minimum atomic E-state index is -3.33. The molecule has 0 aliphatic rings. The number of sulfone groups is 1. The number of carbonyl (C=O) groups excluding carboxylic acids is 1. The third kappa shape index (κ3) is 5.89. The quantitative estimate of drug-likeness (QED) is 0.471. The molecular weight excluding hydrogens is 446 g/mol. The molecule has 0 atom stereocenters. The standard InChI is InChI=1S/C23H27N3O6S/c1-5-30-19-12-9-17(14-20(19)31-6-2)22(27)24-23-26-25-21(32-23)13-16-7-10-18(11-8-16)33(28,29)15(3)4/h7-12,14-15H,5-6,13H2,1-4H3,(H,24,26,27). The highest BCUT2D eigenvalue weighted by Gasteiger charge is 2.19. The van der Waals surface area contributed by atoms with Gasteiger partial charge in [0.15, 0.2) is 21.3 Å². The van der Waals surface area contributed by atoms with Gasteiger partial charge in [0.2, 0.25) is 5.89 Å². The Balaban J connectivity index is 1.67. The summed E-state index contributed by atoms with van der Waals surface area (Å²) in [6.45, 7) is 7.91. The fourth-order valence-corrected chi connectivity index (χ4v) is 4.04. The molecule has 0 radical (unpaired) electrons. The highest BCUT2D eigenvalue weighted by atomic mass is 32.2. The number of rotatable bonds is 10. The van der Waals surface area contributed by atoms with Crippen molar-refractivity contribution in [2.24, 2.45) is 0 Å². The molecule has 1 amide bonds. The van der Waals surface area contributed by atoms with Crippen molar-refractivity contribution in [1.82, 2.24) is 10.2 Å². The van der Waals surface area contributed by atoms with E-state index in [4.69, 9.17) is 13.9 Å². The van der Waals surface area contributed by atoms with Crippen molar-refractivity contribution in [1.29, 1.82) is 0 Å². The Kier molecular flexibility index (Phi) is 7.70. The molecule has 1 heterocycles. The average molecular weight is 474 g/mol. The molecule has 9 nitrogen and oxygen atoms in total. The van der Waals surface area contributed by atoms with Gasteiger partial charge in [0.25, 0.3) is 5.91 Å². The molecule has 0 unspecified atom stereocenters. The fraction of sp³-hybridized carbons (Fsp3) is 0.348. The molecule has 1 aromatic heterocycles. The second-order valence-corrected chi connectivity index (χ2v) is 9.90. The van der Waals surface area contributed by atoms with Crippen LogP contribution < -0.4 is 14.8 Å². The van der Waals surface area contributed by atoms with Crippen LogP contribution in [-0.2, 0) is 16.3 Å². The van der Waals surface area contributed by atoms with Gasteiger partial charge in [-0.15, -0.1) is 5.10 Å². The number of benzene rings is 2. The molecule has 3 aromatic rings. The highest BCUT2D eigenvalue weighted by molar-refractivity contribution is 7.92. The van der Waals surface area contributed by atoms with Crippen molar-refractivity contribution in [2.75, 3.05) is 18.5 Å². The van der Waals surface area contributed by atoms with Crippen LogP contribution in [0.4, 0.5) is 6.01 Å². The van der Waals surface area contributed by atoms with E-state index in [0.29, 0.717) is 36.7 Å². The van der Waals surface area contributed by atoms with Gasteiger partial charge in [-0.05, 0) is 63.6 Å². The first-order chi connectivity index (χ1) is 15.7. The van der Waals surface area contributed by atoms with Crippen molar-refractivity contribution < 1.29 is 27.1 Å². The summed E-state index contributed by atoms with van der Waals surface area (Å²) in [7, 11) is -3.33. The van der Waals surface area contributed by atoms with Gasteiger partial charge in [-0.2, -0.15) is 0 Å². The number of nitrogens with zero attached hydrogens (tertiary/aromatic N) is 2. The maximum absolute atomic E-state index is 12.6. The molecule has 2 aromatic carbocycles. The maximum atomic E-state index is 12.6. The van der Waals surface area contributed by atoms with Gasteiger partial charge >= 0.3 is 6.01 Å². The summed E-state index contributed by atoms with van der Waals surface area (Å²) < 4.78 is 41.1. The Hall–Kier alpha value is -3.40. The molecule has 176 valence electrons. The summed E-state index contributed by atoms with van der Waals surface area (Å²) in [6.07, 6.45) is 0.294. The van der Waals surface area contributed by atoms with E-state index >= 15 is 0 Å². The third-order valence-electron chi connectivity index (χ3n) is 4.72. The van der Waals surface area contributed by atoms with E-state index in [0.717, 1.165) is 5.56 Å². The lowest BCUT2D eigenvalue weighted by atomic mass is 10.1. The lowest BCUT2D eigenvalue weighted by molar-refractivity contribution is 0.102. The number of hydrogen-bond acceptors (Lipinski definition) is 8. The van der Waals surface area contributed by atoms with Crippen LogP contribution in [0.1, 0.15) is 49.5 Å². The van der Waals surface area contributed by atoms with E-state index in [1.165, 1.54) is 0 Å². The van der Waals surface area contributed by atoms with Gasteiger partial charge in [-0.1, -0.05) is 17.2 Å². The molecule has 33 heavy (non-hydrogen) atoms. The monoisotopic (exact) mass is 473 g/mol. The summed E-state index contributed by atoms with van der Waals surface area (Å²) >= 11 is 0. The van der Waals surface area contributed by atoms with Crippen LogP contribution in [0.3, 0.4) is 0 Å². The molecule has 0 aliphatic heterocycles. The van der Waals surface area contributed by atoms with Crippen LogP contribution in [-0.4, -0.2) is 43.0 Å². The van der Waals surface area contributed by atoms with Crippen LogP contribution >= 0.6 is 0 Å². The van der Waals surface area contributed by atoms with Crippen LogP contribution in [0.5, 0.6) is 11.5 Å². The minimum absolute atomic E-state index is 0.0409. The molecule has 0 saturated heterocycles. The zero-order valence-electron chi connectivity index (χ0n) is 19.0. The molecule has 0 bridgehead atoms. The smallest absolute Gasteiger partial charge is 0.322 e. The maximum Gasteiger partial charge on any atom is 0.322 e. The highest BCUT2D eigenvalue weighted by Crippen LogP contribution is 2.29. The Labute approximate surface area is 193 Å². The number of anilines is 1. The molecule has 1 N–H and O–H groups in total. The number of carbonyl (C=O) groups is 1. The van der Waals surface area contributed by atoms with Gasteiger partial charge in [0.1, 0.15) is 0 Å². The van der Waals surface area contributed by atoms with E-state index in [1.54, 1.807) is 56.3 Å². The number of nitrogens with one attached hydrogen (secondary N) is 1. The lowest BCUT2D eigenvalue weighted by Crippen LogP contribution is -2.13. The zero-order chi connectivity index (χ0) is 24.0. The van der Waals surface area contributed by atoms with Crippen LogP contribution in [0.15, 0.2) is 51.8 Å². The van der Waals surface area contributed by atoms with E-state index in [2.05, 4.69) is 15.5 Å². The summed E-state index contributed by atoms with van der Waals surface area (Å²) in [5.74, 6) is 0.883. The molecule has 0 saturated carbocycles. The summed E-state index contributed by atoms with van der Waals surface area (Å²) in [6, 6.07) is 11.4. The lowest BCUT2D eigenvalue weighted by Gasteiger charge is -2.11. The van der Waals surface area contributed by atoms with Gasteiger partial charge in [-0.3, -0.25) is 10.1 Å². The first kappa shape index (κ1) is 24.2. The average Bonchev–Trinajstić information content (AvgIpc) is 3.22. The Morgan fingerprint density at radius 3 is 2.30 bits per heavy atom. The van der Waals surface area contributed by atoms with Gasteiger partial charge in [0, 0.05) is 5.56 Å². The molecule has 0 fully saturated rings.